The molecule has 0 radical (unpaired) electrons. The van der Waals surface area contributed by atoms with Crippen LogP contribution in [-0.4, -0.2) is 14.5 Å². The lowest BCUT2D eigenvalue weighted by atomic mass is 9.82. The van der Waals surface area contributed by atoms with Crippen LogP contribution in [0.1, 0.15) is 25.0 Å². The van der Waals surface area contributed by atoms with Crippen molar-refractivity contribution in [3.8, 4) is 50.6 Å². The Kier molecular flexibility index (Phi) is 8.90. The van der Waals surface area contributed by atoms with Gasteiger partial charge in [0.1, 0.15) is 28.0 Å². The molecular weight excluding hydrogens is 893 g/mol. The molecule has 0 aliphatic heterocycles. The van der Waals surface area contributed by atoms with E-state index in [0.29, 0.717) is 5.82 Å². The van der Waals surface area contributed by atoms with E-state index in [-0.39, 0.29) is 5.41 Å². The second-order valence-electron chi connectivity index (χ2n) is 19.6. The number of rotatable bonds is 7. The standard InChI is InChI=1S/C67H44N4O2/c1-67(2)52-30-12-9-25-46(52)62-53(67)31-18-32-55(62)70(44-24-15-21-42(39-44)41-19-5-3-6-20-41)45-37-38-54-51(40-45)63-64(49-28-16-35-58-60(49)47-26-10-13-33-56(47)72-58)68-65(69-66(63)71(54)43-22-7-4-8-23-43)50-29-17-36-59-61(50)48-27-11-14-34-57(48)73-59/h3-40H,1-2H3. The van der Waals surface area contributed by atoms with E-state index in [1.54, 1.807) is 0 Å². The van der Waals surface area contributed by atoms with Crippen LogP contribution >= 0.6 is 0 Å². The quantitative estimate of drug-likeness (QED) is 0.159. The Morgan fingerprint density at radius 1 is 0.425 bits per heavy atom. The first-order valence-corrected chi connectivity index (χ1v) is 24.9. The fourth-order valence-electron chi connectivity index (χ4n) is 11.9. The number of furan rings is 2. The summed E-state index contributed by atoms with van der Waals surface area (Å²) in [5, 5.41) is 6.00. The molecule has 0 amide bonds. The molecule has 6 nitrogen and oxygen atoms in total. The van der Waals surface area contributed by atoms with Crippen LogP contribution in [0, 0.1) is 0 Å². The first kappa shape index (κ1) is 41.3. The minimum Gasteiger partial charge on any atom is -0.456 e. The van der Waals surface area contributed by atoms with Gasteiger partial charge in [-0.15, -0.1) is 0 Å². The molecule has 15 rings (SSSR count). The summed E-state index contributed by atoms with van der Waals surface area (Å²) >= 11 is 0. The summed E-state index contributed by atoms with van der Waals surface area (Å²) in [5.74, 6) is 0.602. The van der Waals surface area contributed by atoms with Crippen LogP contribution in [0.3, 0.4) is 0 Å². The lowest BCUT2D eigenvalue weighted by Gasteiger charge is -2.29. The molecule has 344 valence electrons. The van der Waals surface area contributed by atoms with Crippen molar-refractivity contribution < 1.29 is 8.83 Å². The van der Waals surface area contributed by atoms with E-state index in [4.69, 9.17) is 18.8 Å². The van der Waals surface area contributed by atoms with Crippen molar-refractivity contribution >= 4 is 82.9 Å². The molecule has 0 unspecified atom stereocenters. The highest BCUT2D eigenvalue weighted by Crippen LogP contribution is 2.55. The Bertz CT molecular complexity index is 4540. The number of benzene rings is 10. The van der Waals surface area contributed by atoms with Gasteiger partial charge in [-0.05, 0) is 101 Å². The van der Waals surface area contributed by atoms with E-state index in [2.05, 4.69) is 217 Å². The van der Waals surface area contributed by atoms with Gasteiger partial charge < -0.3 is 13.7 Å². The average molecular weight is 937 g/mol. The lowest BCUT2D eigenvalue weighted by molar-refractivity contribution is 0.660. The molecule has 73 heavy (non-hydrogen) atoms. The van der Waals surface area contributed by atoms with E-state index in [0.717, 1.165) is 117 Å². The van der Waals surface area contributed by atoms with Crippen LogP contribution in [-0.2, 0) is 5.41 Å². The van der Waals surface area contributed by atoms with Crippen LogP contribution in [0.25, 0.3) is 116 Å². The normalized spacial score (nSPS) is 12.9. The molecule has 10 aromatic carbocycles. The SMILES string of the molecule is CC1(C)c2ccccc2-c2c(N(c3cccc(-c4ccccc4)c3)c3ccc4c(c3)c3c(-c5cccc6oc7ccccc7c56)nc(-c5cccc6oc7ccccc7c56)nc3n4-c3ccccc3)cccc21. The zero-order chi connectivity index (χ0) is 48.4. The van der Waals surface area contributed by atoms with Gasteiger partial charge >= 0.3 is 0 Å². The molecule has 0 spiro atoms. The van der Waals surface area contributed by atoms with E-state index in [9.17, 15) is 0 Å². The van der Waals surface area contributed by atoms with E-state index >= 15 is 0 Å². The summed E-state index contributed by atoms with van der Waals surface area (Å²) in [5.41, 5.74) is 19.1. The van der Waals surface area contributed by atoms with E-state index in [1.807, 2.05) is 36.4 Å². The van der Waals surface area contributed by atoms with Gasteiger partial charge in [0.2, 0.25) is 0 Å². The molecule has 0 atom stereocenters. The summed E-state index contributed by atoms with van der Waals surface area (Å²) in [6.07, 6.45) is 0. The van der Waals surface area contributed by atoms with Crippen LogP contribution in [0.5, 0.6) is 0 Å². The fourth-order valence-corrected chi connectivity index (χ4v) is 11.9. The highest BCUT2D eigenvalue weighted by molar-refractivity contribution is 6.21. The molecule has 4 heterocycles. The van der Waals surface area contributed by atoms with Crippen molar-refractivity contribution in [3.05, 3.63) is 242 Å². The third-order valence-electron chi connectivity index (χ3n) is 15.2. The maximum absolute atomic E-state index is 6.60. The summed E-state index contributed by atoms with van der Waals surface area (Å²) < 4.78 is 15.4. The van der Waals surface area contributed by atoms with Crippen LogP contribution in [0.4, 0.5) is 17.1 Å². The van der Waals surface area contributed by atoms with Crippen molar-refractivity contribution in [1.82, 2.24) is 14.5 Å². The second kappa shape index (κ2) is 15.7. The van der Waals surface area contributed by atoms with Crippen molar-refractivity contribution in [3.63, 3.8) is 0 Å². The van der Waals surface area contributed by atoms with Gasteiger partial charge in [0.15, 0.2) is 5.82 Å². The first-order valence-electron chi connectivity index (χ1n) is 24.9. The topological polar surface area (TPSA) is 60.2 Å². The first-order chi connectivity index (χ1) is 36.0. The molecule has 0 saturated carbocycles. The summed E-state index contributed by atoms with van der Waals surface area (Å²) in [6, 6.07) is 81.8. The average Bonchev–Trinajstić information content (AvgIpc) is 4.21. The molecule has 1 aliphatic rings. The lowest BCUT2D eigenvalue weighted by Crippen LogP contribution is -2.16. The number of fused-ring (bicyclic) bond motifs is 12. The summed E-state index contributed by atoms with van der Waals surface area (Å²) in [7, 11) is 0. The Hall–Kier alpha value is -9.52. The Morgan fingerprint density at radius 2 is 1.00 bits per heavy atom. The van der Waals surface area contributed by atoms with Gasteiger partial charge in [0.25, 0.3) is 0 Å². The van der Waals surface area contributed by atoms with Gasteiger partial charge in [-0.1, -0.05) is 172 Å². The Balaban J connectivity index is 1.08. The van der Waals surface area contributed by atoms with Gasteiger partial charge in [0.05, 0.1) is 22.3 Å². The monoisotopic (exact) mass is 936 g/mol. The van der Waals surface area contributed by atoms with E-state index in [1.165, 1.54) is 22.3 Å². The van der Waals surface area contributed by atoms with Gasteiger partial charge in [0, 0.05) is 66.1 Å². The molecule has 0 bridgehead atoms. The van der Waals surface area contributed by atoms with Gasteiger partial charge in [-0.2, -0.15) is 0 Å². The second-order valence-corrected chi connectivity index (χ2v) is 19.6. The number of hydrogen-bond acceptors (Lipinski definition) is 5. The number of aromatic nitrogens is 3. The predicted molar refractivity (Wildman–Crippen MR) is 299 cm³/mol. The maximum Gasteiger partial charge on any atom is 0.162 e. The predicted octanol–water partition coefficient (Wildman–Crippen LogP) is 18.1. The Labute approximate surface area is 420 Å². The maximum atomic E-state index is 6.60. The molecule has 0 N–H and O–H groups in total. The fraction of sp³-hybridized carbons (Fsp3) is 0.0448. The summed E-state index contributed by atoms with van der Waals surface area (Å²) in [4.78, 5) is 13.9. The molecular formula is C67H44N4O2. The zero-order valence-corrected chi connectivity index (χ0v) is 40.0. The van der Waals surface area contributed by atoms with Crippen molar-refractivity contribution in [2.24, 2.45) is 0 Å². The highest BCUT2D eigenvalue weighted by atomic mass is 16.3. The van der Waals surface area contributed by atoms with Crippen LogP contribution < -0.4 is 4.90 Å². The number of anilines is 3. The van der Waals surface area contributed by atoms with Crippen LogP contribution in [0.2, 0.25) is 0 Å². The number of nitrogens with zero attached hydrogens (tertiary/aromatic N) is 4. The third-order valence-corrected chi connectivity index (χ3v) is 15.2. The minimum atomic E-state index is -0.193. The van der Waals surface area contributed by atoms with Crippen molar-refractivity contribution in [1.29, 1.82) is 0 Å². The molecule has 4 aromatic heterocycles. The number of hydrogen-bond donors (Lipinski definition) is 0. The zero-order valence-electron chi connectivity index (χ0n) is 40.0. The van der Waals surface area contributed by atoms with Gasteiger partial charge in [-0.25, -0.2) is 9.97 Å². The largest absolute Gasteiger partial charge is 0.456 e. The molecule has 14 aromatic rings. The Morgan fingerprint density at radius 3 is 1.77 bits per heavy atom. The van der Waals surface area contributed by atoms with E-state index < -0.39 is 0 Å². The third kappa shape index (κ3) is 6.17. The minimum absolute atomic E-state index is 0.193. The van der Waals surface area contributed by atoms with Gasteiger partial charge in [-0.3, -0.25) is 4.57 Å². The van der Waals surface area contributed by atoms with Crippen molar-refractivity contribution in [2.75, 3.05) is 4.90 Å². The van der Waals surface area contributed by atoms with Crippen molar-refractivity contribution in [2.45, 2.75) is 19.3 Å². The highest BCUT2D eigenvalue weighted by Gasteiger charge is 2.38. The molecule has 0 saturated heterocycles. The van der Waals surface area contributed by atoms with Crippen LogP contribution in [0.15, 0.2) is 239 Å². The number of para-hydroxylation sites is 3. The summed E-state index contributed by atoms with van der Waals surface area (Å²) in [6.45, 7) is 4.70. The molecule has 1 aliphatic carbocycles. The smallest absolute Gasteiger partial charge is 0.162 e. The molecule has 6 heteroatoms. The molecule has 0 fully saturated rings.